The molecule has 2 N–H and O–H groups in total. The first kappa shape index (κ1) is 26.4. The fourth-order valence-electron chi connectivity index (χ4n) is 3.78. The minimum absolute atomic E-state index is 0.00867. The van der Waals surface area contributed by atoms with E-state index in [2.05, 4.69) is 15.8 Å². The lowest BCUT2D eigenvalue weighted by Crippen LogP contribution is -2.54. The minimum Gasteiger partial charge on any atom is -0.449 e. The van der Waals surface area contributed by atoms with Crippen LogP contribution in [0.1, 0.15) is 29.2 Å². The molecule has 1 aliphatic rings. The molecule has 2 atom stereocenters. The molecule has 192 valence electrons. The molecule has 4 rings (SSSR count). The Morgan fingerprint density at radius 2 is 1.95 bits per heavy atom. The average Bonchev–Trinajstić information content (AvgIpc) is 2.83. The van der Waals surface area contributed by atoms with Crippen LogP contribution in [-0.2, 0) is 17.5 Å². The van der Waals surface area contributed by atoms with Crippen LogP contribution in [0, 0.1) is 17.1 Å². The largest absolute Gasteiger partial charge is 0.449 e. The Labute approximate surface area is 216 Å². The highest BCUT2D eigenvalue weighted by molar-refractivity contribution is 6.31. The van der Waals surface area contributed by atoms with E-state index in [-0.39, 0.29) is 34.3 Å². The molecular weight excluding hydrogens is 541 g/mol. The van der Waals surface area contributed by atoms with Gasteiger partial charge in [-0.2, -0.15) is 18.4 Å². The fourth-order valence-corrected chi connectivity index (χ4v) is 4.20. The van der Waals surface area contributed by atoms with Crippen LogP contribution in [0.3, 0.4) is 0 Å². The van der Waals surface area contributed by atoms with Crippen molar-refractivity contribution in [2.75, 3.05) is 0 Å². The summed E-state index contributed by atoms with van der Waals surface area (Å²) in [6.07, 6.45) is -4.19. The molecule has 0 spiro atoms. The molecule has 8 nitrogen and oxygen atoms in total. The number of halogens is 6. The van der Waals surface area contributed by atoms with Gasteiger partial charge < -0.3 is 4.74 Å². The maximum absolute atomic E-state index is 13.6. The predicted molar refractivity (Wildman–Crippen MR) is 124 cm³/mol. The van der Waals surface area contributed by atoms with Gasteiger partial charge in [0.25, 0.3) is 5.56 Å². The van der Waals surface area contributed by atoms with Gasteiger partial charge in [0.05, 0.1) is 28.9 Å². The number of ether oxygens (including phenoxy) is 1. The number of carbonyl (C=O) groups is 1. The Hall–Kier alpha value is -3.66. The van der Waals surface area contributed by atoms with E-state index < -0.39 is 46.9 Å². The number of benzene rings is 2. The molecule has 1 saturated heterocycles. The number of rotatable bonds is 5. The zero-order chi connectivity index (χ0) is 26.9. The Kier molecular flexibility index (Phi) is 7.40. The predicted octanol–water partition coefficient (Wildman–Crippen LogP) is 4.55. The molecule has 0 radical (unpaired) electrons. The Morgan fingerprint density at radius 1 is 1.19 bits per heavy atom. The van der Waals surface area contributed by atoms with Crippen molar-refractivity contribution in [2.45, 2.75) is 31.1 Å². The van der Waals surface area contributed by atoms with Gasteiger partial charge in [0.2, 0.25) is 11.7 Å². The van der Waals surface area contributed by atoms with Gasteiger partial charge in [0.15, 0.2) is 5.69 Å². The molecule has 1 amide bonds. The normalized spacial score (nSPS) is 17.7. The number of alkyl halides is 3. The Balaban J connectivity index is 1.65. The fraction of sp³-hybridized carbons (Fsp3) is 0.217. The summed E-state index contributed by atoms with van der Waals surface area (Å²) < 4.78 is 60.6. The number of hydrogen-bond donors (Lipinski definition) is 2. The standard InChI is InChI=1S/C23H15Cl2F4N5O3/c24-13-3-11(8-30)4-15(6-13)37-19-20(23(27,28)29)31-10-34(22(19)36)9-14-7-16(21(35)33-32-14)12-1-2-18(26)17(25)5-12/h1-6,10,14,16,32H,7,9H2,(H,33,35). The summed E-state index contributed by atoms with van der Waals surface area (Å²) in [5.74, 6) is -3.23. The molecule has 0 saturated carbocycles. The molecule has 1 aliphatic heterocycles. The number of nitriles is 1. The van der Waals surface area contributed by atoms with Crippen molar-refractivity contribution in [2.24, 2.45) is 0 Å². The number of aromatic nitrogens is 2. The second kappa shape index (κ2) is 10.4. The van der Waals surface area contributed by atoms with Crippen molar-refractivity contribution in [3.05, 3.63) is 85.8 Å². The second-order valence-electron chi connectivity index (χ2n) is 8.06. The van der Waals surface area contributed by atoms with Crippen molar-refractivity contribution in [3.8, 4) is 17.6 Å². The number of hydrogen-bond acceptors (Lipinski definition) is 6. The zero-order valence-electron chi connectivity index (χ0n) is 18.4. The second-order valence-corrected chi connectivity index (χ2v) is 8.90. The van der Waals surface area contributed by atoms with Gasteiger partial charge in [-0.15, -0.1) is 0 Å². The summed E-state index contributed by atoms with van der Waals surface area (Å²) in [6, 6.07) is 8.52. The van der Waals surface area contributed by atoms with E-state index in [0.29, 0.717) is 5.56 Å². The Bertz CT molecular complexity index is 1470. The van der Waals surface area contributed by atoms with Crippen LogP contribution in [-0.4, -0.2) is 21.5 Å². The van der Waals surface area contributed by atoms with Crippen LogP contribution in [0.2, 0.25) is 10.0 Å². The number of amides is 1. The van der Waals surface area contributed by atoms with E-state index >= 15 is 0 Å². The van der Waals surface area contributed by atoms with Gasteiger partial charge in [-0.25, -0.2) is 14.8 Å². The monoisotopic (exact) mass is 555 g/mol. The van der Waals surface area contributed by atoms with Crippen molar-refractivity contribution in [1.82, 2.24) is 20.4 Å². The lowest BCUT2D eigenvalue weighted by molar-refractivity contribution is -0.142. The van der Waals surface area contributed by atoms with Crippen LogP contribution in [0.25, 0.3) is 0 Å². The summed E-state index contributed by atoms with van der Waals surface area (Å²) in [5.41, 5.74) is 2.86. The summed E-state index contributed by atoms with van der Waals surface area (Å²) in [6.45, 7) is -0.203. The summed E-state index contributed by atoms with van der Waals surface area (Å²) in [7, 11) is 0. The highest BCUT2D eigenvalue weighted by Gasteiger charge is 2.39. The quantitative estimate of drug-likeness (QED) is 0.447. The molecular formula is C23H15Cl2F4N5O3. The van der Waals surface area contributed by atoms with Crippen LogP contribution < -0.4 is 21.1 Å². The molecule has 3 aromatic rings. The number of nitrogens with zero attached hydrogens (tertiary/aromatic N) is 3. The van der Waals surface area contributed by atoms with E-state index in [9.17, 15) is 27.2 Å². The molecule has 1 aromatic heterocycles. The first-order chi connectivity index (χ1) is 17.5. The van der Waals surface area contributed by atoms with Crippen LogP contribution >= 0.6 is 23.2 Å². The van der Waals surface area contributed by atoms with Crippen molar-refractivity contribution in [1.29, 1.82) is 5.26 Å². The lowest BCUT2D eigenvalue weighted by atomic mass is 9.90. The van der Waals surface area contributed by atoms with Crippen molar-refractivity contribution < 1.29 is 27.1 Å². The summed E-state index contributed by atoms with van der Waals surface area (Å²) >= 11 is 11.7. The van der Waals surface area contributed by atoms with Gasteiger partial charge in [-0.05, 0) is 42.3 Å². The van der Waals surface area contributed by atoms with Gasteiger partial charge in [0, 0.05) is 17.6 Å². The van der Waals surface area contributed by atoms with Crippen LogP contribution in [0.4, 0.5) is 17.6 Å². The van der Waals surface area contributed by atoms with E-state index in [1.54, 1.807) is 6.07 Å². The maximum atomic E-state index is 13.6. The third-order valence-corrected chi connectivity index (χ3v) is 5.99. The maximum Gasteiger partial charge on any atom is 0.437 e. The van der Waals surface area contributed by atoms with E-state index in [1.165, 1.54) is 18.2 Å². The zero-order valence-corrected chi connectivity index (χ0v) is 20.0. The van der Waals surface area contributed by atoms with Gasteiger partial charge >= 0.3 is 6.18 Å². The van der Waals surface area contributed by atoms with Gasteiger partial charge in [-0.3, -0.25) is 19.6 Å². The highest BCUT2D eigenvalue weighted by Crippen LogP contribution is 2.35. The van der Waals surface area contributed by atoms with E-state index in [0.717, 1.165) is 29.1 Å². The minimum atomic E-state index is -5.02. The van der Waals surface area contributed by atoms with Crippen molar-refractivity contribution in [3.63, 3.8) is 0 Å². The van der Waals surface area contributed by atoms with Crippen LogP contribution in [0.15, 0.2) is 47.5 Å². The average molecular weight is 556 g/mol. The first-order valence-corrected chi connectivity index (χ1v) is 11.3. The molecule has 0 aliphatic carbocycles. The molecule has 2 unspecified atom stereocenters. The van der Waals surface area contributed by atoms with E-state index in [4.69, 9.17) is 33.2 Å². The lowest BCUT2D eigenvalue weighted by Gasteiger charge is -2.31. The number of nitrogens with one attached hydrogen (secondary N) is 2. The van der Waals surface area contributed by atoms with Gasteiger partial charge in [0.1, 0.15) is 11.6 Å². The molecule has 14 heteroatoms. The molecule has 2 aromatic carbocycles. The Morgan fingerprint density at radius 3 is 2.62 bits per heavy atom. The van der Waals surface area contributed by atoms with Crippen LogP contribution in [0.5, 0.6) is 11.5 Å². The summed E-state index contributed by atoms with van der Waals surface area (Å²) in [4.78, 5) is 28.8. The SMILES string of the molecule is N#Cc1cc(Cl)cc(Oc2c(C(F)(F)F)ncn(CC3CC(c4ccc(F)c(Cl)c4)C(=O)NN3)c2=O)c1. The number of carbonyl (C=O) groups excluding carboxylic acids is 1. The van der Waals surface area contributed by atoms with Crippen molar-refractivity contribution >= 4 is 29.1 Å². The number of hydrazine groups is 1. The third-order valence-electron chi connectivity index (χ3n) is 5.48. The molecule has 37 heavy (non-hydrogen) atoms. The molecule has 1 fully saturated rings. The van der Waals surface area contributed by atoms with E-state index in [1.807, 2.05) is 0 Å². The molecule has 2 heterocycles. The highest BCUT2D eigenvalue weighted by atomic mass is 35.5. The van der Waals surface area contributed by atoms with Gasteiger partial charge in [-0.1, -0.05) is 29.3 Å². The summed E-state index contributed by atoms with van der Waals surface area (Å²) in [5, 5.41) is 8.92. The topological polar surface area (TPSA) is 109 Å². The first-order valence-electron chi connectivity index (χ1n) is 10.5. The third kappa shape index (κ3) is 5.85. The smallest absolute Gasteiger partial charge is 0.437 e. The molecule has 0 bridgehead atoms.